The number of alkyl halides is 1. The van der Waals surface area contributed by atoms with E-state index in [0.29, 0.717) is 15.8 Å². The van der Waals surface area contributed by atoms with E-state index in [4.69, 9.17) is 15.9 Å². The Morgan fingerprint density at radius 3 is 2.53 bits per heavy atom. The molecule has 0 amide bonds. The van der Waals surface area contributed by atoms with Crippen LogP contribution in [0, 0.1) is 11.3 Å². The predicted octanol–water partition coefficient (Wildman–Crippen LogP) is 2.67. The molecule has 80 valence electrons. The molecule has 0 atom stereocenters. The summed E-state index contributed by atoms with van der Waals surface area (Å²) >= 11 is 7.20. The molecule has 1 aromatic rings. The lowest BCUT2D eigenvalue weighted by Gasteiger charge is -2.06. The molecule has 0 aromatic heterocycles. The van der Waals surface area contributed by atoms with Gasteiger partial charge in [-0.15, -0.1) is 12.6 Å². The van der Waals surface area contributed by atoms with Crippen LogP contribution in [0.2, 0.25) is 0 Å². The van der Waals surface area contributed by atoms with Crippen LogP contribution in [0.1, 0.15) is 11.1 Å². The standard InChI is InChI=1S/C8H5BrClNO2S2/c9-3-5-1-7(14)6(4-11)2-8(5)15(10,12)13/h1-2,14H,3H2. The van der Waals surface area contributed by atoms with E-state index in [1.54, 1.807) is 0 Å². The normalized spacial score (nSPS) is 11.1. The second-order valence-electron chi connectivity index (χ2n) is 2.66. The Kier molecular flexibility index (Phi) is 4.06. The third-order valence-corrected chi connectivity index (χ3v) is 4.08. The van der Waals surface area contributed by atoms with Crippen molar-refractivity contribution in [2.45, 2.75) is 15.1 Å². The third-order valence-electron chi connectivity index (χ3n) is 1.71. The number of hydrogen-bond acceptors (Lipinski definition) is 4. The quantitative estimate of drug-likeness (QED) is 0.516. The number of nitriles is 1. The molecule has 0 saturated heterocycles. The van der Waals surface area contributed by atoms with Crippen molar-refractivity contribution in [2.75, 3.05) is 0 Å². The summed E-state index contributed by atoms with van der Waals surface area (Å²) < 4.78 is 22.4. The molecule has 3 nitrogen and oxygen atoms in total. The van der Waals surface area contributed by atoms with Gasteiger partial charge in [0.1, 0.15) is 6.07 Å². The van der Waals surface area contributed by atoms with E-state index >= 15 is 0 Å². The minimum atomic E-state index is -3.84. The molecule has 0 unspecified atom stereocenters. The van der Waals surface area contributed by atoms with Gasteiger partial charge in [0.15, 0.2) is 0 Å². The average Bonchev–Trinajstić information content (AvgIpc) is 2.15. The van der Waals surface area contributed by atoms with E-state index in [1.807, 2.05) is 6.07 Å². The highest BCUT2D eigenvalue weighted by Gasteiger charge is 2.17. The summed E-state index contributed by atoms with van der Waals surface area (Å²) in [6, 6.07) is 4.57. The van der Waals surface area contributed by atoms with Gasteiger partial charge < -0.3 is 0 Å². The molecule has 0 aliphatic rings. The number of hydrogen-bond donors (Lipinski definition) is 1. The van der Waals surface area contributed by atoms with Gasteiger partial charge in [-0.1, -0.05) is 15.9 Å². The van der Waals surface area contributed by atoms with Gasteiger partial charge in [0.25, 0.3) is 9.05 Å². The van der Waals surface area contributed by atoms with E-state index in [0.717, 1.165) is 0 Å². The predicted molar refractivity (Wildman–Crippen MR) is 64.1 cm³/mol. The van der Waals surface area contributed by atoms with Gasteiger partial charge in [0, 0.05) is 20.9 Å². The van der Waals surface area contributed by atoms with Crippen molar-refractivity contribution in [2.24, 2.45) is 0 Å². The van der Waals surface area contributed by atoms with Crippen LogP contribution < -0.4 is 0 Å². The Labute approximate surface area is 106 Å². The molecule has 0 aliphatic heterocycles. The fraction of sp³-hybridized carbons (Fsp3) is 0.125. The van der Waals surface area contributed by atoms with Crippen LogP contribution >= 0.6 is 39.2 Å². The minimum absolute atomic E-state index is 0.0598. The Morgan fingerprint density at radius 1 is 1.53 bits per heavy atom. The van der Waals surface area contributed by atoms with E-state index in [1.165, 1.54) is 12.1 Å². The molecule has 0 N–H and O–H groups in total. The Morgan fingerprint density at radius 2 is 2.13 bits per heavy atom. The van der Waals surface area contributed by atoms with Crippen LogP contribution in [-0.4, -0.2) is 8.42 Å². The van der Waals surface area contributed by atoms with E-state index in [2.05, 4.69) is 28.6 Å². The fourth-order valence-corrected chi connectivity index (χ4v) is 3.09. The van der Waals surface area contributed by atoms with Crippen molar-refractivity contribution >= 4 is 48.3 Å². The lowest BCUT2D eigenvalue weighted by atomic mass is 10.2. The summed E-state index contributed by atoms with van der Waals surface area (Å²) in [6.45, 7) is 0. The summed E-state index contributed by atoms with van der Waals surface area (Å²) in [5, 5.41) is 9.05. The molecule has 0 heterocycles. The first-order valence-electron chi connectivity index (χ1n) is 3.66. The van der Waals surface area contributed by atoms with Crippen LogP contribution in [-0.2, 0) is 14.4 Å². The maximum atomic E-state index is 11.2. The topological polar surface area (TPSA) is 57.9 Å². The van der Waals surface area contributed by atoms with Crippen LogP contribution in [0.25, 0.3) is 0 Å². The van der Waals surface area contributed by atoms with Crippen LogP contribution in [0.3, 0.4) is 0 Å². The zero-order valence-electron chi connectivity index (χ0n) is 7.24. The molecule has 0 aliphatic carbocycles. The second-order valence-corrected chi connectivity index (χ2v) is 6.24. The highest BCUT2D eigenvalue weighted by atomic mass is 79.9. The average molecular weight is 327 g/mol. The van der Waals surface area contributed by atoms with Gasteiger partial charge in [-0.3, -0.25) is 0 Å². The molecule has 7 heteroatoms. The van der Waals surface area contributed by atoms with Crippen LogP contribution in [0.5, 0.6) is 0 Å². The van der Waals surface area contributed by atoms with E-state index < -0.39 is 9.05 Å². The Balaban J connectivity index is 3.59. The van der Waals surface area contributed by atoms with Crippen LogP contribution in [0.4, 0.5) is 0 Å². The van der Waals surface area contributed by atoms with Gasteiger partial charge in [-0.2, -0.15) is 5.26 Å². The summed E-state index contributed by atoms with van der Waals surface area (Å²) in [6.07, 6.45) is 0. The fourth-order valence-electron chi connectivity index (χ4n) is 1.03. The lowest BCUT2D eigenvalue weighted by molar-refractivity contribution is 0.609. The molecule has 0 spiro atoms. The first kappa shape index (κ1) is 12.8. The molecule has 0 radical (unpaired) electrons. The van der Waals surface area contributed by atoms with Crippen molar-refractivity contribution in [3.63, 3.8) is 0 Å². The SMILES string of the molecule is N#Cc1cc(S(=O)(=O)Cl)c(CBr)cc1S. The summed E-state index contributed by atoms with van der Waals surface area (Å²) in [4.78, 5) is 0.367. The monoisotopic (exact) mass is 325 g/mol. The van der Waals surface area contributed by atoms with E-state index in [9.17, 15) is 8.42 Å². The first-order valence-corrected chi connectivity index (χ1v) is 7.54. The smallest absolute Gasteiger partial charge is 0.207 e. The van der Waals surface area contributed by atoms with Gasteiger partial charge in [-0.05, 0) is 17.7 Å². The van der Waals surface area contributed by atoms with Gasteiger partial charge in [0.05, 0.1) is 10.5 Å². The number of benzene rings is 1. The van der Waals surface area contributed by atoms with Crippen LogP contribution in [0.15, 0.2) is 21.9 Å². The van der Waals surface area contributed by atoms with Gasteiger partial charge in [0.2, 0.25) is 0 Å². The maximum absolute atomic E-state index is 11.2. The lowest BCUT2D eigenvalue weighted by Crippen LogP contribution is -1.98. The first-order chi connectivity index (χ1) is 6.90. The third kappa shape index (κ3) is 2.88. The molecular weight excluding hydrogens is 322 g/mol. The Hall–Kier alpha value is -0.220. The number of halogens is 2. The van der Waals surface area contributed by atoms with Gasteiger partial charge in [-0.25, -0.2) is 8.42 Å². The van der Waals surface area contributed by atoms with Crippen molar-refractivity contribution in [1.29, 1.82) is 5.26 Å². The van der Waals surface area contributed by atoms with Gasteiger partial charge >= 0.3 is 0 Å². The zero-order valence-corrected chi connectivity index (χ0v) is 11.3. The molecule has 15 heavy (non-hydrogen) atoms. The minimum Gasteiger partial charge on any atom is -0.207 e. The molecule has 0 fully saturated rings. The molecule has 0 bridgehead atoms. The molecular formula is C8H5BrClNO2S2. The Bertz CT molecular complexity index is 536. The summed E-state index contributed by atoms with van der Waals surface area (Å²) in [5.41, 5.74) is 0.663. The number of rotatable bonds is 2. The molecule has 1 rings (SSSR count). The second kappa shape index (κ2) is 4.74. The molecule has 0 saturated carbocycles. The summed E-state index contributed by atoms with van der Waals surface area (Å²) in [5.74, 6) is 0. The molecule has 1 aromatic carbocycles. The van der Waals surface area contributed by atoms with Crippen molar-refractivity contribution < 1.29 is 8.42 Å². The number of nitrogens with zero attached hydrogens (tertiary/aromatic N) is 1. The highest BCUT2D eigenvalue weighted by Crippen LogP contribution is 2.27. The largest absolute Gasteiger partial charge is 0.261 e. The van der Waals surface area contributed by atoms with Crippen molar-refractivity contribution in [3.8, 4) is 6.07 Å². The highest BCUT2D eigenvalue weighted by molar-refractivity contribution is 9.08. The summed E-state index contributed by atoms with van der Waals surface area (Å²) in [7, 11) is 1.40. The van der Waals surface area contributed by atoms with E-state index in [-0.39, 0.29) is 10.5 Å². The zero-order chi connectivity index (χ0) is 11.6. The van der Waals surface area contributed by atoms with Crippen molar-refractivity contribution in [3.05, 3.63) is 23.3 Å². The number of thiol groups is 1. The van der Waals surface area contributed by atoms with Crippen molar-refractivity contribution in [1.82, 2.24) is 0 Å². The maximum Gasteiger partial charge on any atom is 0.261 e.